The first-order valence-electron chi connectivity index (χ1n) is 9.12. The molecule has 0 aliphatic carbocycles. The Balaban J connectivity index is 1.82. The summed E-state index contributed by atoms with van der Waals surface area (Å²) >= 11 is 1.18. The van der Waals surface area contributed by atoms with E-state index in [1.165, 1.54) is 23.5 Å². The van der Waals surface area contributed by atoms with Gasteiger partial charge in [0, 0.05) is 11.6 Å². The summed E-state index contributed by atoms with van der Waals surface area (Å²) in [4.78, 5) is 39.6. The van der Waals surface area contributed by atoms with Gasteiger partial charge in [0.2, 0.25) is 0 Å². The highest BCUT2D eigenvalue weighted by atomic mass is 32.1. The molecule has 0 saturated carbocycles. The van der Waals surface area contributed by atoms with Crippen molar-refractivity contribution < 1.29 is 24.0 Å². The third-order valence-electron chi connectivity index (χ3n) is 3.91. The number of carbonyl (C=O) groups excluding carboxylic acids is 2. The molecule has 0 aliphatic rings. The Hall–Kier alpha value is -3.53. The number of aromatic nitrogens is 1. The number of hydrogen-bond donors (Lipinski definition) is 1. The fourth-order valence-corrected chi connectivity index (χ4v) is 3.54. The lowest BCUT2D eigenvalue weighted by molar-refractivity contribution is -0.385. The molecule has 1 aromatic heterocycles. The van der Waals surface area contributed by atoms with Crippen LogP contribution in [0.15, 0.2) is 36.4 Å². The molecule has 0 atom stereocenters. The number of nitro groups is 1. The molecule has 1 amide bonds. The lowest BCUT2D eigenvalue weighted by atomic mass is 10.1. The van der Waals surface area contributed by atoms with E-state index in [0.29, 0.717) is 20.9 Å². The standard InChI is InChI=1S/C20H19N3O6S/c1-4-28-16-8-6-12(9-15(16)23(26)27)18(24)22-20-21-14-7-5-13(10-17(14)30-20)19(25)29-11(2)3/h5-11H,4H2,1-3H3,(H,21,22,24). The summed E-state index contributed by atoms with van der Waals surface area (Å²) in [6.07, 6.45) is -0.234. The maximum absolute atomic E-state index is 12.5. The van der Waals surface area contributed by atoms with Crippen LogP contribution in [0, 0.1) is 10.1 Å². The number of nitrogens with zero attached hydrogens (tertiary/aromatic N) is 2. The smallest absolute Gasteiger partial charge is 0.338 e. The molecule has 0 spiro atoms. The average molecular weight is 429 g/mol. The minimum absolute atomic E-state index is 0.0971. The van der Waals surface area contributed by atoms with Crippen molar-refractivity contribution in [1.82, 2.24) is 4.98 Å². The van der Waals surface area contributed by atoms with Crippen molar-refractivity contribution in [2.45, 2.75) is 26.9 Å². The van der Waals surface area contributed by atoms with Crippen LogP contribution in [-0.4, -0.2) is 34.5 Å². The van der Waals surface area contributed by atoms with Crippen molar-refractivity contribution in [3.8, 4) is 5.75 Å². The number of nitro benzene ring substituents is 1. The second-order valence-corrected chi connectivity index (χ2v) is 7.51. The molecule has 1 N–H and O–H groups in total. The Morgan fingerprint density at radius 1 is 1.20 bits per heavy atom. The third kappa shape index (κ3) is 4.71. The number of ether oxygens (including phenoxy) is 2. The Morgan fingerprint density at radius 3 is 2.60 bits per heavy atom. The van der Waals surface area contributed by atoms with Gasteiger partial charge < -0.3 is 9.47 Å². The fourth-order valence-electron chi connectivity index (χ4n) is 2.64. The molecule has 2 aromatic carbocycles. The molecule has 0 aliphatic heterocycles. The Bertz CT molecular complexity index is 1120. The number of amides is 1. The number of hydrogen-bond acceptors (Lipinski definition) is 8. The van der Waals surface area contributed by atoms with E-state index < -0.39 is 16.8 Å². The van der Waals surface area contributed by atoms with E-state index in [-0.39, 0.29) is 29.7 Å². The SMILES string of the molecule is CCOc1ccc(C(=O)Nc2nc3ccc(C(=O)OC(C)C)cc3s2)cc1[N+](=O)[O-]. The molecule has 156 valence electrons. The summed E-state index contributed by atoms with van der Waals surface area (Å²) in [6, 6.07) is 8.92. The molecule has 0 saturated heterocycles. The molecular formula is C20H19N3O6S. The minimum atomic E-state index is -0.600. The summed E-state index contributed by atoms with van der Waals surface area (Å²) in [7, 11) is 0. The zero-order valence-electron chi connectivity index (χ0n) is 16.5. The van der Waals surface area contributed by atoms with Crippen molar-refractivity contribution in [3.63, 3.8) is 0 Å². The highest BCUT2D eigenvalue weighted by Gasteiger charge is 2.20. The van der Waals surface area contributed by atoms with Crippen LogP contribution in [0.3, 0.4) is 0 Å². The second-order valence-electron chi connectivity index (χ2n) is 6.48. The van der Waals surface area contributed by atoms with Crippen LogP contribution in [-0.2, 0) is 4.74 Å². The largest absolute Gasteiger partial charge is 0.487 e. The first-order valence-corrected chi connectivity index (χ1v) is 9.94. The molecule has 3 aromatic rings. The van der Waals surface area contributed by atoms with E-state index in [4.69, 9.17) is 9.47 Å². The van der Waals surface area contributed by atoms with Gasteiger partial charge in [-0.3, -0.25) is 20.2 Å². The normalized spacial score (nSPS) is 10.8. The molecule has 9 nitrogen and oxygen atoms in total. The topological polar surface area (TPSA) is 121 Å². The quantitative estimate of drug-likeness (QED) is 0.335. The number of carbonyl (C=O) groups is 2. The Morgan fingerprint density at radius 2 is 1.93 bits per heavy atom. The molecular weight excluding hydrogens is 410 g/mol. The van der Waals surface area contributed by atoms with Crippen molar-refractivity contribution in [2.24, 2.45) is 0 Å². The van der Waals surface area contributed by atoms with E-state index in [1.54, 1.807) is 39.0 Å². The van der Waals surface area contributed by atoms with Gasteiger partial charge in [0.1, 0.15) is 0 Å². The zero-order valence-corrected chi connectivity index (χ0v) is 17.3. The fraction of sp³-hybridized carbons (Fsp3) is 0.250. The zero-order chi connectivity index (χ0) is 21.8. The summed E-state index contributed by atoms with van der Waals surface area (Å²) in [5.41, 5.74) is 0.807. The van der Waals surface area contributed by atoms with E-state index >= 15 is 0 Å². The van der Waals surface area contributed by atoms with Crippen LogP contribution < -0.4 is 10.1 Å². The molecule has 0 bridgehead atoms. The van der Waals surface area contributed by atoms with Gasteiger partial charge in [-0.05, 0) is 51.1 Å². The van der Waals surface area contributed by atoms with E-state index in [9.17, 15) is 19.7 Å². The molecule has 3 rings (SSSR count). The number of anilines is 1. The highest BCUT2D eigenvalue weighted by Crippen LogP contribution is 2.30. The van der Waals surface area contributed by atoms with Crippen LogP contribution in [0.1, 0.15) is 41.5 Å². The maximum Gasteiger partial charge on any atom is 0.338 e. The minimum Gasteiger partial charge on any atom is -0.487 e. The van der Waals surface area contributed by atoms with Gasteiger partial charge in [-0.25, -0.2) is 9.78 Å². The van der Waals surface area contributed by atoms with E-state index in [1.807, 2.05) is 0 Å². The van der Waals surface area contributed by atoms with Crippen LogP contribution in [0.25, 0.3) is 10.2 Å². The van der Waals surface area contributed by atoms with Gasteiger partial charge in [-0.1, -0.05) is 11.3 Å². The van der Waals surface area contributed by atoms with Crippen LogP contribution in [0.5, 0.6) is 5.75 Å². The van der Waals surface area contributed by atoms with E-state index in [2.05, 4.69) is 10.3 Å². The van der Waals surface area contributed by atoms with Crippen molar-refractivity contribution in [3.05, 3.63) is 57.6 Å². The first kappa shape index (κ1) is 21.2. The monoisotopic (exact) mass is 429 g/mol. The van der Waals surface area contributed by atoms with Gasteiger partial charge in [0.25, 0.3) is 5.91 Å². The van der Waals surface area contributed by atoms with Crippen molar-refractivity contribution in [1.29, 1.82) is 0 Å². The first-order chi connectivity index (χ1) is 14.3. The molecule has 10 heteroatoms. The van der Waals surface area contributed by atoms with Gasteiger partial charge in [0.15, 0.2) is 10.9 Å². The summed E-state index contributed by atoms with van der Waals surface area (Å²) in [6.45, 7) is 5.51. The predicted octanol–water partition coefficient (Wildman–Crippen LogP) is 4.42. The molecule has 0 fully saturated rings. The molecule has 0 radical (unpaired) electrons. The summed E-state index contributed by atoms with van der Waals surface area (Å²) in [5, 5.41) is 14.2. The molecule has 30 heavy (non-hydrogen) atoms. The molecule has 0 unspecified atom stereocenters. The summed E-state index contributed by atoms with van der Waals surface area (Å²) < 4.78 is 11.1. The van der Waals surface area contributed by atoms with Crippen LogP contribution in [0.4, 0.5) is 10.8 Å². The maximum atomic E-state index is 12.5. The number of rotatable bonds is 7. The van der Waals surface area contributed by atoms with Gasteiger partial charge in [-0.2, -0.15) is 0 Å². The number of benzene rings is 2. The molecule has 1 heterocycles. The van der Waals surface area contributed by atoms with E-state index in [0.717, 1.165) is 6.07 Å². The second kappa shape index (κ2) is 8.87. The van der Waals surface area contributed by atoms with Gasteiger partial charge >= 0.3 is 11.7 Å². The number of nitrogens with one attached hydrogen (secondary N) is 1. The summed E-state index contributed by atoms with van der Waals surface area (Å²) in [5.74, 6) is -0.882. The van der Waals surface area contributed by atoms with Crippen molar-refractivity contribution in [2.75, 3.05) is 11.9 Å². The van der Waals surface area contributed by atoms with Crippen molar-refractivity contribution >= 4 is 44.2 Å². The highest BCUT2D eigenvalue weighted by molar-refractivity contribution is 7.22. The Labute approximate surface area is 175 Å². The number of fused-ring (bicyclic) bond motifs is 1. The third-order valence-corrected chi connectivity index (χ3v) is 4.84. The predicted molar refractivity (Wildman–Crippen MR) is 112 cm³/mol. The van der Waals surface area contributed by atoms with Gasteiger partial charge in [0.05, 0.1) is 33.4 Å². The van der Waals surface area contributed by atoms with Crippen LogP contribution in [0.2, 0.25) is 0 Å². The lowest BCUT2D eigenvalue weighted by Crippen LogP contribution is -2.12. The lowest BCUT2D eigenvalue weighted by Gasteiger charge is -2.07. The average Bonchev–Trinajstić information content (AvgIpc) is 3.09. The number of thiazole rings is 1. The number of esters is 1. The van der Waals surface area contributed by atoms with Crippen LogP contribution >= 0.6 is 11.3 Å². The Kier molecular flexibility index (Phi) is 6.26. The van der Waals surface area contributed by atoms with Gasteiger partial charge in [-0.15, -0.1) is 0 Å².